The molecule has 1 aromatic carbocycles. The van der Waals surface area contributed by atoms with Gasteiger partial charge in [0.05, 0.1) is 49.7 Å². The number of rotatable bonds is 5. The SMILES string of the molecule is Cc1cccc(-c2cccc(C)n2)n1.Cc1cccc(-c2cccc(C)n2)n1.[Ru].c1csc(-c2ccc(-c3ccc(-c4nc5c6cccnc6c6ncccc6c5[nH]4)s3)s2)c1. The summed E-state index contributed by atoms with van der Waals surface area (Å²) < 4.78 is 0. The fourth-order valence-corrected chi connectivity index (χ4v) is 9.70. The van der Waals surface area contributed by atoms with Crippen molar-refractivity contribution in [3.8, 4) is 53.0 Å². The smallest absolute Gasteiger partial charge is 0.148 e. The Hall–Kier alpha value is -6.17. The molecule has 0 saturated carbocycles. The number of thiophene rings is 3. The minimum absolute atomic E-state index is 0. The van der Waals surface area contributed by atoms with Crippen LogP contribution < -0.4 is 0 Å². The summed E-state index contributed by atoms with van der Waals surface area (Å²) in [5.74, 6) is 0.882. The Morgan fingerprint density at radius 2 is 0.836 bits per heavy atom. The number of hydrogen-bond acceptors (Lipinski definition) is 10. The number of nitrogens with zero attached hydrogens (tertiary/aromatic N) is 7. The zero-order chi connectivity index (χ0) is 41.0. The van der Waals surface area contributed by atoms with Gasteiger partial charge in [-0.05, 0) is 136 Å². The molecule has 0 aliphatic rings. The van der Waals surface area contributed by atoms with Crippen molar-refractivity contribution < 1.29 is 19.5 Å². The van der Waals surface area contributed by atoms with E-state index < -0.39 is 0 Å². The summed E-state index contributed by atoms with van der Waals surface area (Å²) >= 11 is 5.38. The summed E-state index contributed by atoms with van der Waals surface area (Å²) in [6.07, 6.45) is 3.63. The number of aromatic nitrogens is 8. The summed E-state index contributed by atoms with van der Waals surface area (Å²) in [7, 11) is 0. The van der Waals surface area contributed by atoms with Crippen molar-refractivity contribution in [2.45, 2.75) is 27.7 Å². The molecular weight excluding hydrogens is 898 g/mol. The third-order valence-corrected chi connectivity index (χ3v) is 13.0. The molecule has 0 spiro atoms. The number of aromatic amines is 1. The van der Waals surface area contributed by atoms with E-state index in [0.29, 0.717) is 0 Å². The minimum atomic E-state index is 0. The third kappa shape index (κ3) is 9.28. The second-order valence-corrected chi connectivity index (χ2v) is 17.2. The van der Waals surface area contributed by atoms with Gasteiger partial charge in [0.25, 0.3) is 0 Å². The predicted molar refractivity (Wildman–Crippen MR) is 251 cm³/mol. The van der Waals surface area contributed by atoms with Crippen LogP contribution in [0.15, 0.2) is 151 Å². The van der Waals surface area contributed by atoms with Crippen molar-refractivity contribution in [1.82, 2.24) is 39.9 Å². The third-order valence-electron chi connectivity index (χ3n) is 9.60. The molecule has 0 unspecified atom stereocenters. The van der Waals surface area contributed by atoms with E-state index >= 15 is 0 Å². The van der Waals surface area contributed by atoms with E-state index in [1.165, 1.54) is 19.5 Å². The zero-order valence-electron chi connectivity index (χ0n) is 33.6. The number of H-pyrrole nitrogens is 1. The van der Waals surface area contributed by atoms with E-state index in [9.17, 15) is 0 Å². The van der Waals surface area contributed by atoms with Crippen molar-refractivity contribution >= 4 is 66.8 Å². The predicted octanol–water partition coefficient (Wildman–Crippen LogP) is 13.4. The van der Waals surface area contributed by atoms with E-state index in [-0.39, 0.29) is 19.5 Å². The fraction of sp³-hybridized carbons (Fsp3) is 0.0816. The summed E-state index contributed by atoms with van der Waals surface area (Å²) in [5, 5.41) is 4.19. The molecule has 0 amide bonds. The van der Waals surface area contributed by atoms with Crippen molar-refractivity contribution in [3.63, 3.8) is 0 Å². The topological polar surface area (TPSA) is 106 Å². The molecule has 0 saturated heterocycles. The molecule has 0 fully saturated rings. The monoisotopic (exact) mass is 936 g/mol. The first-order chi connectivity index (χ1) is 29.4. The van der Waals surface area contributed by atoms with Crippen LogP contribution in [-0.2, 0) is 19.5 Å². The number of aryl methyl sites for hydroxylation is 4. The quantitative estimate of drug-likeness (QED) is 0.135. The maximum atomic E-state index is 5.01. The van der Waals surface area contributed by atoms with E-state index in [1.54, 1.807) is 22.7 Å². The van der Waals surface area contributed by atoms with Gasteiger partial charge in [-0.1, -0.05) is 30.3 Å². The molecule has 61 heavy (non-hydrogen) atoms. The average Bonchev–Trinajstić information content (AvgIpc) is 4.12. The van der Waals surface area contributed by atoms with Crippen molar-refractivity contribution in [2.75, 3.05) is 0 Å². The molecule has 0 bridgehead atoms. The molecule has 10 aromatic heterocycles. The fourth-order valence-electron chi connectivity index (χ4n) is 6.82. The van der Waals surface area contributed by atoms with Crippen LogP contribution in [0.3, 0.4) is 0 Å². The molecule has 12 heteroatoms. The molecule has 11 rings (SSSR count). The number of hydrogen-bond donors (Lipinski definition) is 1. The van der Waals surface area contributed by atoms with Gasteiger partial charge in [0, 0.05) is 84.9 Å². The zero-order valence-corrected chi connectivity index (χ0v) is 37.8. The normalized spacial score (nSPS) is 10.8. The molecule has 1 N–H and O–H groups in total. The van der Waals surface area contributed by atoms with Crippen LogP contribution in [0, 0.1) is 27.7 Å². The summed E-state index contributed by atoms with van der Waals surface area (Å²) in [6.45, 7) is 7.94. The second-order valence-electron chi connectivity index (χ2n) is 14.1. The van der Waals surface area contributed by atoms with Gasteiger partial charge < -0.3 is 4.98 Å². The minimum Gasteiger partial charge on any atom is -0.337 e. The summed E-state index contributed by atoms with van der Waals surface area (Å²) in [5.41, 5.74) is 11.6. The first kappa shape index (κ1) is 41.6. The maximum absolute atomic E-state index is 5.01. The van der Waals surface area contributed by atoms with E-state index in [1.807, 2.05) is 136 Å². The molecule has 0 aliphatic carbocycles. The molecule has 300 valence electrons. The standard InChI is InChI=1S/C25H14N4S3.2C12H12N2.Ru/c1-4-14-21(26-11-1)22-15(5-2-12-27-22)24-23(14)28-25(29-24)20-10-9-19(32-20)18-8-7-17(31-18)16-6-3-13-30-16;2*1-9-5-3-7-11(13-9)12-8-4-6-10(2)14-12;/h1-13H,(H,28,29);2*3-8H,1-2H3;. The number of nitrogens with one attached hydrogen (secondary N) is 1. The Labute approximate surface area is 378 Å². The summed E-state index contributed by atoms with van der Waals surface area (Å²) in [6, 6.07) is 45.0. The van der Waals surface area contributed by atoms with Crippen LogP contribution in [0.2, 0.25) is 0 Å². The van der Waals surface area contributed by atoms with Gasteiger partial charge in [-0.15, -0.1) is 34.0 Å². The molecule has 8 nitrogen and oxygen atoms in total. The van der Waals surface area contributed by atoms with Crippen LogP contribution in [0.4, 0.5) is 0 Å². The first-order valence-corrected chi connectivity index (χ1v) is 21.9. The van der Waals surface area contributed by atoms with Gasteiger partial charge in [0.15, 0.2) is 0 Å². The van der Waals surface area contributed by atoms with Crippen LogP contribution in [-0.4, -0.2) is 39.9 Å². The maximum Gasteiger partial charge on any atom is 0.148 e. The summed E-state index contributed by atoms with van der Waals surface area (Å²) in [4.78, 5) is 41.8. The van der Waals surface area contributed by atoms with Gasteiger partial charge in [-0.25, -0.2) is 4.98 Å². The number of fused-ring (bicyclic) bond motifs is 6. The van der Waals surface area contributed by atoms with E-state index in [4.69, 9.17) is 4.98 Å². The number of benzene rings is 1. The Balaban J connectivity index is 0.000000147. The number of pyridine rings is 6. The van der Waals surface area contributed by atoms with Crippen LogP contribution in [0.5, 0.6) is 0 Å². The van der Waals surface area contributed by atoms with E-state index in [2.05, 4.69) is 88.8 Å². The molecule has 0 aliphatic heterocycles. The largest absolute Gasteiger partial charge is 0.337 e. The van der Waals surface area contributed by atoms with Gasteiger partial charge in [0.1, 0.15) is 5.82 Å². The van der Waals surface area contributed by atoms with E-state index in [0.717, 1.165) is 89.1 Å². The van der Waals surface area contributed by atoms with Crippen molar-refractivity contribution in [1.29, 1.82) is 0 Å². The molecule has 0 atom stereocenters. The van der Waals surface area contributed by atoms with Crippen molar-refractivity contribution in [2.24, 2.45) is 0 Å². The van der Waals surface area contributed by atoms with Crippen molar-refractivity contribution in [3.05, 3.63) is 174 Å². The van der Waals surface area contributed by atoms with Crippen LogP contribution in [0.1, 0.15) is 22.8 Å². The Morgan fingerprint density at radius 3 is 1.31 bits per heavy atom. The van der Waals surface area contributed by atoms with Gasteiger partial charge >= 0.3 is 0 Å². The van der Waals surface area contributed by atoms with Crippen LogP contribution >= 0.6 is 34.0 Å². The molecule has 0 radical (unpaired) electrons. The van der Waals surface area contributed by atoms with Crippen LogP contribution in [0.25, 0.3) is 85.8 Å². The first-order valence-electron chi connectivity index (χ1n) is 19.4. The van der Waals surface area contributed by atoms with Gasteiger partial charge in [-0.3, -0.25) is 29.9 Å². The number of imidazole rings is 1. The Bertz CT molecular complexity index is 3000. The average molecular weight is 936 g/mol. The molecule has 10 heterocycles. The Kier molecular flexibility index (Phi) is 12.7. The van der Waals surface area contributed by atoms with Gasteiger partial charge in [-0.2, -0.15) is 0 Å². The Morgan fingerprint density at radius 1 is 0.393 bits per heavy atom. The van der Waals surface area contributed by atoms with Gasteiger partial charge in [0.2, 0.25) is 0 Å². The second kappa shape index (κ2) is 18.6. The molecular formula is C49H38N8RuS3. The molecule has 11 aromatic rings.